The molecular weight excluding hydrogens is 255 g/mol. The zero-order valence-electron chi connectivity index (χ0n) is 10.1. The Morgan fingerprint density at radius 2 is 2.26 bits per heavy atom. The molecule has 1 fully saturated rings. The van der Waals surface area contributed by atoms with Gasteiger partial charge in [-0.2, -0.15) is 0 Å². The number of carboxylic acids is 1. The van der Waals surface area contributed by atoms with Crippen LogP contribution in [0.1, 0.15) is 12.8 Å². The van der Waals surface area contributed by atoms with E-state index < -0.39 is 16.7 Å². The third kappa shape index (κ3) is 3.18. The zero-order chi connectivity index (χ0) is 14.0. The normalized spacial score (nSPS) is 18.6. The van der Waals surface area contributed by atoms with E-state index in [9.17, 15) is 19.3 Å². The first-order valence-corrected chi connectivity index (χ1v) is 5.87. The molecule has 1 aromatic carbocycles. The molecule has 0 radical (unpaired) electrons. The molecular formula is C12H13FN2O4. The van der Waals surface area contributed by atoms with Crippen LogP contribution in [0, 0.1) is 21.8 Å². The summed E-state index contributed by atoms with van der Waals surface area (Å²) in [5.74, 6) is -1.53. The summed E-state index contributed by atoms with van der Waals surface area (Å²) in [6.45, 7) is 1.06. The molecule has 0 amide bonds. The lowest BCUT2D eigenvalue weighted by Crippen LogP contribution is -2.20. The highest BCUT2D eigenvalue weighted by Gasteiger charge is 2.26. The van der Waals surface area contributed by atoms with Gasteiger partial charge in [-0.05, 0) is 18.4 Å². The minimum absolute atomic E-state index is 0.000163. The zero-order valence-corrected chi connectivity index (χ0v) is 10.1. The molecule has 0 bridgehead atoms. The summed E-state index contributed by atoms with van der Waals surface area (Å²) in [4.78, 5) is 22.4. The van der Waals surface area contributed by atoms with E-state index in [1.54, 1.807) is 4.90 Å². The molecule has 1 atom stereocenters. The van der Waals surface area contributed by atoms with Gasteiger partial charge in [0, 0.05) is 31.3 Å². The van der Waals surface area contributed by atoms with Crippen molar-refractivity contribution in [3.8, 4) is 0 Å². The fraction of sp³-hybridized carbons (Fsp3) is 0.417. The third-order valence-corrected chi connectivity index (χ3v) is 3.19. The van der Waals surface area contributed by atoms with E-state index in [4.69, 9.17) is 5.11 Å². The van der Waals surface area contributed by atoms with Crippen molar-refractivity contribution in [2.24, 2.45) is 5.92 Å². The number of nitro groups is 1. The first-order chi connectivity index (χ1) is 8.95. The Labute approximate surface area is 108 Å². The molecule has 0 spiro atoms. The fourth-order valence-corrected chi connectivity index (χ4v) is 2.33. The summed E-state index contributed by atoms with van der Waals surface area (Å²) < 4.78 is 13.3. The van der Waals surface area contributed by atoms with E-state index in [0.29, 0.717) is 25.2 Å². The first kappa shape index (κ1) is 13.3. The Kier molecular flexibility index (Phi) is 3.64. The van der Waals surface area contributed by atoms with Gasteiger partial charge in [0.05, 0.1) is 11.0 Å². The minimum atomic E-state index is -0.864. The number of nitrogens with zero attached hydrogens (tertiary/aromatic N) is 2. The third-order valence-electron chi connectivity index (χ3n) is 3.19. The topological polar surface area (TPSA) is 83.7 Å². The number of halogens is 1. The van der Waals surface area contributed by atoms with Gasteiger partial charge in [0.15, 0.2) is 0 Å². The molecule has 1 aromatic rings. The van der Waals surface area contributed by atoms with Crippen LogP contribution >= 0.6 is 0 Å². The summed E-state index contributed by atoms with van der Waals surface area (Å²) in [7, 11) is 0. The Morgan fingerprint density at radius 1 is 1.53 bits per heavy atom. The van der Waals surface area contributed by atoms with Crippen LogP contribution in [0.4, 0.5) is 15.8 Å². The summed E-state index contributed by atoms with van der Waals surface area (Å²) in [5, 5.41) is 19.4. The maximum atomic E-state index is 13.3. The number of benzene rings is 1. The molecule has 1 unspecified atom stereocenters. The molecule has 0 aromatic heterocycles. The number of rotatable bonds is 4. The average molecular weight is 268 g/mol. The molecule has 1 aliphatic rings. The Balaban J connectivity index is 2.15. The number of aliphatic carboxylic acids is 1. The predicted molar refractivity (Wildman–Crippen MR) is 65.6 cm³/mol. The summed E-state index contributed by atoms with van der Waals surface area (Å²) >= 11 is 0. The van der Waals surface area contributed by atoms with Crippen molar-refractivity contribution in [2.45, 2.75) is 12.8 Å². The summed E-state index contributed by atoms with van der Waals surface area (Å²) in [6.07, 6.45) is 0.754. The molecule has 1 N–H and O–H groups in total. The van der Waals surface area contributed by atoms with Crippen LogP contribution in [0.2, 0.25) is 0 Å². The van der Waals surface area contributed by atoms with Gasteiger partial charge in [-0.15, -0.1) is 0 Å². The molecule has 102 valence electrons. The second-order valence-electron chi connectivity index (χ2n) is 4.62. The number of carboxylic acid groups (broad SMARTS) is 1. The molecule has 2 rings (SSSR count). The van der Waals surface area contributed by atoms with Crippen LogP contribution in [-0.2, 0) is 4.79 Å². The van der Waals surface area contributed by atoms with Crippen LogP contribution < -0.4 is 4.90 Å². The second kappa shape index (κ2) is 5.21. The number of hydrogen-bond donors (Lipinski definition) is 1. The van der Waals surface area contributed by atoms with Crippen LogP contribution in [0.15, 0.2) is 18.2 Å². The molecule has 1 saturated heterocycles. The van der Waals surface area contributed by atoms with Crippen molar-refractivity contribution in [1.82, 2.24) is 0 Å². The molecule has 1 aliphatic heterocycles. The number of non-ortho nitro benzene ring substituents is 1. The molecule has 6 nitrogen and oxygen atoms in total. The Hall–Kier alpha value is -2.18. The van der Waals surface area contributed by atoms with Gasteiger partial charge in [-0.3, -0.25) is 14.9 Å². The maximum absolute atomic E-state index is 13.3. The summed E-state index contributed by atoms with van der Waals surface area (Å²) in [5.41, 5.74) is 0.135. The van der Waals surface area contributed by atoms with Crippen LogP contribution in [0.5, 0.6) is 0 Å². The van der Waals surface area contributed by atoms with Crippen LogP contribution in [0.3, 0.4) is 0 Å². The number of nitro benzene ring substituents is 1. The second-order valence-corrected chi connectivity index (χ2v) is 4.62. The smallest absolute Gasteiger partial charge is 0.303 e. The number of hydrogen-bond acceptors (Lipinski definition) is 4. The number of anilines is 1. The van der Waals surface area contributed by atoms with E-state index in [1.165, 1.54) is 12.1 Å². The molecule has 0 saturated carbocycles. The van der Waals surface area contributed by atoms with Gasteiger partial charge in [0.25, 0.3) is 5.69 Å². The van der Waals surface area contributed by atoms with Crippen molar-refractivity contribution in [1.29, 1.82) is 0 Å². The predicted octanol–water partition coefficient (Wildman–Crippen LogP) is 2.03. The van der Waals surface area contributed by atoms with Gasteiger partial charge in [-0.1, -0.05) is 0 Å². The molecule has 1 heterocycles. The Morgan fingerprint density at radius 3 is 2.89 bits per heavy atom. The van der Waals surface area contributed by atoms with Crippen molar-refractivity contribution < 1.29 is 19.2 Å². The first-order valence-electron chi connectivity index (χ1n) is 5.87. The van der Waals surface area contributed by atoms with Gasteiger partial charge in [0.1, 0.15) is 5.82 Å². The highest BCUT2D eigenvalue weighted by molar-refractivity contribution is 5.67. The molecule has 19 heavy (non-hydrogen) atoms. The lowest BCUT2D eigenvalue weighted by atomic mass is 10.1. The van der Waals surface area contributed by atoms with E-state index >= 15 is 0 Å². The minimum Gasteiger partial charge on any atom is -0.481 e. The van der Waals surface area contributed by atoms with Crippen LogP contribution in [-0.4, -0.2) is 29.1 Å². The standard InChI is InChI=1S/C12H13FN2O4/c13-9-4-10(6-11(5-9)15(18)19)14-2-1-8(7-14)3-12(16)17/h4-6,8H,1-3,7H2,(H,16,17). The van der Waals surface area contributed by atoms with Crippen LogP contribution in [0.25, 0.3) is 0 Å². The van der Waals surface area contributed by atoms with E-state index in [1.807, 2.05) is 0 Å². The fourth-order valence-electron chi connectivity index (χ4n) is 2.33. The molecule has 0 aliphatic carbocycles. The van der Waals surface area contributed by atoms with E-state index in [2.05, 4.69) is 0 Å². The lowest BCUT2D eigenvalue weighted by molar-refractivity contribution is -0.385. The monoisotopic (exact) mass is 268 g/mol. The largest absolute Gasteiger partial charge is 0.481 e. The van der Waals surface area contributed by atoms with E-state index in [0.717, 1.165) is 6.07 Å². The van der Waals surface area contributed by atoms with Gasteiger partial charge < -0.3 is 10.0 Å². The van der Waals surface area contributed by atoms with Crippen molar-refractivity contribution in [3.05, 3.63) is 34.1 Å². The van der Waals surface area contributed by atoms with E-state index in [-0.39, 0.29) is 18.0 Å². The molecule has 7 heteroatoms. The van der Waals surface area contributed by atoms with Crippen molar-refractivity contribution >= 4 is 17.3 Å². The van der Waals surface area contributed by atoms with Crippen molar-refractivity contribution in [3.63, 3.8) is 0 Å². The highest BCUT2D eigenvalue weighted by atomic mass is 19.1. The lowest BCUT2D eigenvalue weighted by Gasteiger charge is -2.18. The SMILES string of the molecule is O=C(O)CC1CCN(c2cc(F)cc([N+](=O)[O-])c2)C1. The average Bonchev–Trinajstić information content (AvgIpc) is 2.75. The highest BCUT2D eigenvalue weighted by Crippen LogP contribution is 2.29. The Bertz CT molecular complexity index is 520. The van der Waals surface area contributed by atoms with Crippen molar-refractivity contribution in [2.75, 3.05) is 18.0 Å². The maximum Gasteiger partial charge on any atom is 0.303 e. The van der Waals surface area contributed by atoms with Gasteiger partial charge >= 0.3 is 5.97 Å². The quantitative estimate of drug-likeness (QED) is 0.667. The summed E-state index contributed by atoms with van der Waals surface area (Å²) in [6, 6.07) is 3.41. The van der Waals surface area contributed by atoms with Gasteiger partial charge in [-0.25, -0.2) is 4.39 Å². The van der Waals surface area contributed by atoms with Gasteiger partial charge in [0.2, 0.25) is 0 Å². The number of carbonyl (C=O) groups is 1.